The first-order valence-corrected chi connectivity index (χ1v) is 7.91. The second-order valence-corrected chi connectivity index (χ2v) is 5.81. The molecule has 0 aromatic heterocycles. The van der Waals surface area contributed by atoms with Crippen LogP contribution in [0.25, 0.3) is 0 Å². The number of alkyl halides is 3. The molecule has 1 aromatic rings. The number of ether oxygens (including phenoxy) is 1. The Morgan fingerprint density at radius 2 is 1.85 bits per heavy atom. The van der Waals surface area contributed by atoms with Crippen LogP contribution in [0.3, 0.4) is 0 Å². The van der Waals surface area contributed by atoms with Crippen LogP contribution in [0.15, 0.2) is 23.1 Å². The lowest BCUT2D eigenvalue weighted by Gasteiger charge is -2.13. The average molecular weight is 338 g/mol. The number of hydrogen-bond acceptors (Lipinski definition) is 6. The average Bonchev–Trinajstić information content (AvgIpc) is 2.24. The summed E-state index contributed by atoms with van der Waals surface area (Å²) in [7, 11) is -7.96. The minimum atomic E-state index is -5.24. The van der Waals surface area contributed by atoms with Crippen molar-refractivity contribution in [2.75, 3.05) is 6.66 Å². The molecule has 0 radical (unpaired) electrons. The summed E-state index contributed by atoms with van der Waals surface area (Å²) < 4.78 is 94.3. The van der Waals surface area contributed by atoms with Crippen molar-refractivity contribution < 1.29 is 44.3 Å². The first-order valence-electron chi connectivity index (χ1n) is 4.69. The zero-order valence-corrected chi connectivity index (χ0v) is 11.4. The summed E-state index contributed by atoms with van der Waals surface area (Å²) in [5.41, 5.74) is 0. The van der Waals surface area contributed by atoms with E-state index in [1.807, 2.05) is 0 Å². The number of rotatable bonds is 5. The quantitative estimate of drug-likeness (QED) is 0.355. The Kier molecular flexibility index (Phi) is 5.14. The summed E-state index contributed by atoms with van der Waals surface area (Å²) in [6, 6.07) is 1.95. The molecule has 1 rings (SSSR count). The highest BCUT2D eigenvalue weighted by Crippen LogP contribution is 2.33. The van der Waals surface area contributed by atoms with E-state index >= 15 is 0 Å². The number of halogens is 4. The number of hydrogen-bond donors (Lipinski definition) is 0. The molecule has 6 nitrogen and oxygen atoms in total. The summed E-state index contributed by atoms with van der Waals surface area (Å²) in [4.78, 5) is -1.51. The second-order valence-electron chi connectivity index (χ2n) is 3.21. The van der Waals surface area contributed by atoms with Crippen LogP contribution in [0.5, 0.6) is 5.75 Å². The Bertz CT molecular complexity index is 614. The van der Waals surface area contributed by atoms with Crippen molar-refractivity contribution in [2.45, 2.75) is 11.3 Å². The molecule has 0 aliphatic heterocycles. The molecule has 114 valence electrons. The third kappa shape index (κ3) is 4.75. The molecule has 0 N–H and O–H groups in total. The van der Waals surface area contributed by atoms with Gasteiger partial charge in [-0.25, -0.2) is 4.39 Å². The summed E-state index contributed by atoms with van der Waals surface area (Å²) in [6.07, 6.45) is -5.24. The first-order chi connectivity index (χ1) is 9.03. The van der Waals surface area contributed by atoms with Gasteiger partial charge in [-0.2, -0.15) is 13.1 Å². The molecule has 0 bridgehead atoms. The molecule has 0 amide bonds. The van der Waals surface area contributed by atoms with Crippen LogP contribution < -0.4 is 4.74 Å². The van der Waals surface area contributed by atoms with Crippen molar-refractivity contribution in [3.63, 3.8) is 0 Å². The molecule has 1 aromatic carbocycles. The van der Waals surface area contributed by atoms with E-state index in [4.69, 9.17) is 0 Å². The van der Waals surface area contributed by atoms with Crippen LogP contribution in [0, 0.1) is 5.82 Å². The molecule has 0 heterocycles. The van der Waals surface area contributed by atoms with Gasteiger partial charge in [0.25, 0.3) is 0 Å². The van der Waals surface area contributed by atoms with Gasteiger partial charge < -0.3 is 4.74 Å². The molecule has 0 fully saturated rings. The van der Waals surface area contributed by atoms with Gasteiger partial charge in [-0.05, 0) is 12.1 Å². The topological polar surface area (TPSA) is 78.9 Å². The van der Waals surface area contributed by atoms with Crippen LogP contribution in [-0.2, 0) is 23.7 Å². The summed E-state index contributed by atoms with van der Waals surface area (Å²) >= 11 is 0. The summed E-state index contributed by atoms with van der Waals surface area (Å²) in [5.74, 6) is -2.89. The molecule has 0 aliphatic rings. The molecule has 0 saturated heterocycles. The minimum Gasteiger partial charge on any atom is -0.404 e. The number of benzene rings is 1. The molecule has 1 unspecified atom stereocenters. The van der Waals surface area contributed by atoms with Crippen LogP contribution in [0.2, 0.25) is 0 Å². The lowest BCUT2D eigenvalue weighted by molar-refractivity contribution is -0.275. The fourth-order valence-electron chi connectivity index (χ4n) is 1.06. The molecule has 12 heteroatoms. The molecule has 0 spiro atoms. The highest BCUT2D eigenvalue weighted by molar-refractivity contribution is 7.86. The molecular formula is C8H7F4O6PS. The monoisotopic (exact) mass is 338 g/mol. The van der Waals surface area contributed by atoms with E-state index < -0.39 is 41.0 Å². The van der Waals surface area contributed by atoms with E-state index in [9.17, 15) is 30.5 Å². The molecular weight excluding hydrogens is 331 g/mol. The summed E-state index contributed by atoms with van der Waals surface area (Å²) in [5, 5.41) is 0. The third-order valence-electron chi connectivity index (χ3n) is 1.65. The smallest absolute Gasteiger partial charge is 0.404 e. The minimum absolute atomic E-state index is 0.571. The Morgan fingerprint density at radius 1 is 1.25 bits per heavy atom. The molecule has 0 saturated carbocycles. The Labute approximate surface area is 111 Å². The zero-order chi connectivity index (χ0) is 15.6. The maximum atomic E-state index is 13.4. The first kappa shape index (κ1) is 16.9. The Balaban J connectivity index is 3.25. The van der Waals surface area contributed by atoms with Crippen molar-refractivity contribution in [3.05, 3.63) is 24.0 Å². The van der Waals surface area contributed by atoms with Gasteiger partial charge in [0.15, 0.2) is 10.6 Å². The van der Waals surface area contributed by atoms with Crippen molar-refractivity contribution >= 4 is 18.1 Å². The van der Waals surface area contributed by atoms with Crippen molar-refractivity contribution in [1.29, 1.82) is 0 Å². The van der Waals surface area contributed by atoms with E-state index in [1.54, 1.807) is 0 Å². The Hall–Kier alpha value is -1.16. The third-order valence-corrected chi connectivity index (χ3v) is 3.23. The molecule has 1 atom stereocenters. The van der Waals surface area contributed by atoms with E-state index in [2.05, 4.69) is 13.7 Å². The maximum absolute atomic E-state index is 13.4. The highest BCUT2D eigenvalue weighted by Gasteiger charge is 2.36. The van der Waals surface area contributed by atoms with Crippen LogP contribution >= 0.6 is 8.03 Å². The van der Waals surface area contributed by atoms with Gasteiger partial charge in [0.1, 0.15) is 5.82 Å². The molecule has 20 heavy (non-hydrogen) atoms. The standard InChI is InChI=1S/C8H7F4O6PS/c1-19(13)17-18-20(14,15)7-5(9)3-2-4-6(7)16-8(10,11)12/h2-4,19H,1H3. The van der Waals surface area contributed by atoms with Crippen molar-refractivity contribution in [3.8, 4) is 5.75 Å². The maximum Gasteiger partial charge on any atom is 0.573 e. The van der Waals surface area contributed by atoms with E-state index in [1.165, 1.54) is 0 Å². The lowest BCUT2D eigenvalue weighted by Crippen LogP contribution is -2.20. The Morgan fingerprint density at radius 3 is 2.35 bits per heavy atom. The van der Waals surface area contributed by atoms with Crippen LogP contribution in [0.4, 0.5) is 17.6 Å². The lowest BCUT2D eigenvalue weighted by atomic mass is 10.3. The molecule has 0 aliphatic carbocycles. The van der Waals surface area contributed by atoms with Gasteiger partial charge in [0, 0.05) is 6.66 Å². The predicted molar refractivity (Wildman–Crippen MR) is 57.4 cm³/mol. The predicted octanol–water partition coefficient (Wildman–Crippen LogP) is 2.47. The second kappa shape index (κ2) is 6.08. The van der Waals surface area contributed by atoms with Gasteiger partial charge in [-0.3, -0.25) is 4.57 Å². The van der Waals surface area contributed by atoms with Gasteiger partial charge >= 0.3 is 16.5 Å². The zero-order valence-electron chi connectivity index (χ0n) is 9.60. The van der Waals surface area contributed by atoms with E-state index in [-0.39, 0.29) is 0 Å². The van der Waals surface area contributed by atoms with Crippen LogP contribution in [0.1, 0.15) is 0 Å². The van der Waals surface area contributed by atoms with Crippen LogP contribution in [-0.4, -0.2) is 21.4 Å². The van der Waals surface area contributed by atoms with E-state index in [0.717, 1.165) is 12.7 Å². The van der Waals surface area contributed by atoms with Crippen molar-refractivity contribution in [2.24, 2.45) is 0 Å². The van der Waals surface area contributed by atoms with Gasteiger partial charge in [-0.1, -0.05) is 10.4 Å². The fourth-order valence-corrected chi connectivity index (χ4v) is 2.54. The highest BCUT2D eigenvalue weighted by atomic mass is 32.2. The summed E-state index contributed by atoms with van der Waals surface area (Å²) in [6.45, 7) is 0.953. The van der Waals surface area contributed by atoms with Gasteiger partial charge in [0.2, 0.25) is 8.03 Å². The largest absolute Gasteiger partial charge is 0.573 e. The van der Waals surface area contributed by atoms with Crippen molar-refractivity contribution in [1.82, 2.24) is 0 Å². The fraction of sp³-hybridized carbons (Fsp3) is 0.250. The normalized spacial score (nSPS) is 14.1. The van der Waals surface area contributed by atoms with Gasteiger partial charge in [-0.15, -0.1) is 13.2 Å². The SMILES string of the molecule is C[PH](=O)OOS(=O)(=O)c1c(F)cccc1OC(F)(F)F. The van der Waals surface area contributed by atoms with Gasteiger partial charge in [0.05, 0.1) is 0 Å². The van der Waals surface area contributed by atoms with E-state index in [0.29, 0.717) is 12.1 Å².